The molecule has 26 heavy (non-hydrogen) atoms. The number of amides is 1. The van der Waals surface area contributed by atoms with Crippen molar-refractivity contribution in [1.82, 2.24) is 10.2 Å². The van der Waals surface area contributed by atoms with E-state index in [0.717, 1.165) is 29.8 Å². The average Bonchev–Trinajstić information content (AvgIpc) is 2.99. The molecule has 2 saturated heterocycles. The third-order valence-corrected chi connectivity index (χ3v) is 5.49. The second kappa shape index (κ2) is 8.11. The van der Waals surface area contributed by atoms with Gasteiger partial charge in [0, 0.05) is 42.1 Å². The van der Waals surface area contributed by atoms with Crippen LogP contribution in [0.3, 0.4) is 0 Å². The van der Waals surface area contributed by atoms with Gasteiger partial charge in [-0.25, -0.2) is 0 Å². The molecule has 2 aliphatic heterocycles. The molecule has 0 saturated carbocycles. The Balaban J connectivity index is 0.00000196. The summed E-state index contributed by atoms with van der Waals surface area (Å²) in [5.74, 6) is 0.114. The molecule has 2 unspecified atom stereocenters. The van der Waals surface area contributed by atoms with Gasteiger partial charge in [0.1, 0.15) is 0 Å². The van der Waals surface area contributed by atoms with Gasteiger partial charge in [-0.2, -0.15) is 0 Å². The Hall–Kier alpha value is -2.04. The van der Waals surface area contributed by atoms with Gasteiger partial charge in [0.05, 0.1) is 0 Å². The Morgan fingerprint density at radius 3 is 2.35 bits per heavy atom. The second-order valence-corrected chi connectivity index (χ2v) is 7.25. The van der Waals surface area contributed by atoms with Crippen molar-refractivity contribution < 1.29 is 4.79 Å². The molecule has 0 spiro atoms. The molecule has 2 aromatic rings. The van der Waals surface area contributed by atoms with Gasteiger partial charge in [0.2, 0.25) is 0 Å². The number of hydrogen-bond donors (Lipinski definition) is 2. The van der Waals surface area contributed by atoms with Gasteiger partial charge in [0.25, 0.3) is 5.91 Å². The number of fused-ring (bicyclic) bond motifs is 2. The minimum Gasteiger partial charge on any atom is -0.356 e. The van der Waals surface area contributed by atoms with Gasteiger partial charge in [-0.05, 0) is 56.0 Å². The molecule has 2 fully saturated rings. The fourth-order valence-corrected chi connectivity index (χ4v) is 4.13. The highest BCUT2D eigenvalue weighted by molar-refractivity contribution is 5.95. The molecule has 0 aliphatic carbocycles. The molecule has 4 nitrogen and oxygen atoms in total. The van der Waals surface area contributed by atoms with Crippen molar-refractivity contribution in [2.45, 2.75) is 43.8 Å². The monoisotopic (exact) mass is 371 g/mol. The predicted molar refractivity (Wildman–Crippen MR) is 108 cm³/mol. The Bertz CT molecular complexity index is 740. The lowest BCUT2D eigenvalue weighted by atomic mass is 9.98. The molecule has 2 bridgehead atoms. The first-order chi connectivity index (χ1) is 12.2. The van der Waals surface area contributed by atoms with Gasteiger partial charge in [-0.3, -0.25) is 4.79 Å². The molecule has 4 rings (SSSR count). The fourth-order valence-electron chi connectivity index (χ4n) is 4.13. The minimum atomic E-state index is 0. The largest absolute Gasteiger partial charge is 0.356 e. The van der Waals surface area contributed by atoms with E-state index >= 15 is 0 Å². The van der Waals surface area contributed by atoms with E-state index in [9.17, 15) is 4.79 Å². The highest BCUT2D eigenvalue weighted by Crippen LogP contribution is 2.30. The first kappa shape index (κ1) is 18.7. The quantitative estimate of drug-likeness (QED) is 0.846. The number of carbonyl (C=O) groups excluding carboxylic acids is 1. The maximum Gasteiger partial charge on any atom is 0.253 e. The highest BCUT2D eigenvalue weighted by Gasteiger charge is 2.36. The summed E-state index contributed by atoms with van der Waals surface area (Å²) < 4.78 is 0. The molecule has 2 aliphatic rings. The molecular weight excluding hydrogens is 346 g/mol. The Labute approximate surface area is 161 Å². The van der Waals surface area contributed by atoms with Crippen LogP contribution in [0.15, 0.2) is 54.6 Å². The summed E-state index contributed by atoms with van der Waals surface area (Å²) in [7, 11) is 1.95. The van der Waals surface area contributed by atoms with Gasteiger partial charge in [-0.15, -0.1) is 12.4 Å². The topological polar surface area (TPSA) is 44.4 Å². The zero-order chi connectivity index (χ0) is 17.2. The van der Waals surface area contributed by atoms with Gasteiger partial charge >= 0.3 is 0 Å². The van der Waals surface area contributed by atoms with Crippen molar-refractivity contribution in [3.05, 3.63) is 60.2 Å². The summed E-state index contributed by atoms with van der Waals surface area (Å²) in [6.45, 7) is 0. The maximum atomic E-state index is 13.0. The zero-order valence-corrected chi connectivity index (χ0v) is 15.8. The van der Waals surface area contributed by atoms with Crippen molar-refractivity contribution in [3.8, 4) is 0 Å². The lowest BCUT2D eigenvalue weighted by Gasteiger charge is -2.35. The summed E-state index contributed by atoms with van der Waals surface area (Å²) in [4.78, 5) is 14.9. The molecule has 138 valence electrons. The lowest BCUT2D eigenvalue weighted by Crippen LogP contribution is -2.48. The molecule has 2 N–H and O–H groups in total. The van der Waals surface area contributed by atoms with Crippen LogP contribution in [0.4, 0.5) is 11.4 Å². The Morgan fingerprint density at radius 2 is 1.65 bits per heavy atom. The standard InChI is InChI=1S/C21H25N3O.ClH/c1-24(20-13-18-10-11-19(14-20)23-18)21(25)15-6-5-9-17(12-15)22-16-7-3-2-4-8-16;/h2-9,12,18-20,22-23H,10-11,13-14H2,1H3;1H. The number of anilines is 2. The molecular formula is C21H26ClN3O. The van der Waals surface area contributed by atoms with Crippen LogP contribution in [0, 0.1) is 0 Å². The van der Waals surface area contributed by atoms with Crippen molar-refractivity contribution in [2.75, 3.05) is 12.4 Å². The number of halogens is 1. The number of nitrogens with zero attached hydrogens (tertiary/aromatic N) is 1. The number of carbonyl (C=O) groups is 1. The number of rotatable bonds is 4. The van der Waals surface area contributed by atoms with E-state index < -0.39 is 0 Å². The van der Waals surface area contributed by atoms with Crippen molar-refractivity contribution in [1.29, 1.82) is 0 Å². The predicted octanol–water partition coefficient (Wildman–Crippen LogP) is 4.21. The van der Waals surface area contributed by atoms with Crippen molar-refractivity contribution >= 4 is 29.7 Å². The molecule has 0 radical (unpaired) electrons. The first-order valence-corrected chi connectivity index (χ1v) is 9.14. The van der Waals surface area contributed by atoms with E-state index in [1.807, 2.05) is 66.5 Å². The van der Waals surface area contributed by atoms with E-state index in [0.29, 0.717) is 18.1 Å². The number of nitrogens with one attached hydrogen (secondary N) is 2. The Kier molecular flexibility index (Phi) is 5.84. The number of piperidine rings is 1. The van der Waals surface area contributed by atoms with Crippen LogP contribution in [0.2, 0.25) is 0 Å². The van der Waals surface area contributed by atoms with Crippen LogP contribution >= 0.6 is 12.4 Å². The molecule has 2 aromatic carbocycles. The first-order valence-electron chi connectivity index (χ1n) is 9.14. The van der Waals surface area contributed by atoms with Crippen LogP contribution < -0.4 is 10.6 Å². The maximum absolute atomic E-state index is 13.0. The normalized spacial score (nSPS) is 23.8. The van der Waals surface area contributed by atoms with Crippen LogP contribution in [0.5, 0.6) is 0 Å². The third kappa shape index (κ3) is 4.02. The smallest absolute Gasteiger partial charge is 0.253 e. The van der Waals surface area contributed by atoms with Crippen LogP contribution in [-0.2, 0) is 0 Å². The lowest BCUT2D eigenvalue weighted by molar-refractivity contribution is 0.0682. The Morgan fingerprint density at radius 1 is 1.00 bits per heavy atom. The van der Waals surface area contributed by atoms with Gasteiger partial charge in [-0.1, -0.05) is 24.3 Å². The SMILES string of the molecule is CN(C(=O)c1cccc(Nc2ccccc2)c1)C1CC2CCC(C1)N2.Cl. The van der Waals surface area contributed by atoms with Gasteiger partial charge < -0.3 is 15.5 Å². The summed E-state index contributed by atoms with van der Waals surface area (Å²) >= 11 is 0. The van der Waals surface area contributed by atoms with Gasteiger partial charge in [0.15, 0.2) is 0 Å². The fraction of sp³-hybridized carbons (Fsp3) is 0.381. The number of benzene rings is 2. The average molecular weight is 372 g/mol. The highest BCUT2D eigenvalue weighted by atomic mass is 35.5. The van der Waals surface area contributed by atoms with E-state index in [-0.39, 0.29) is 18.3 Å². The zero-order valence-electron chi connectivity index (χ0n) is 15.0. The summed E-state index contributed by atoms with van der Waals surface area (Å²) in [5.41, 5.74) is 2.71. The van der Waals surface area contributed by atoms with E-state index in [1.54, 1.807) is 0 Å². The van der Waals surface area contributed by atoms with Crippen molar-refractivity contribution in [3.63, 3.8) is 0 Å². The molecule has 5 heteroatoms. The number of hydrogen-bond acceptors (Lipinski definition) is 3. The molecule has 0 aromatic heterocycles. The van der Waals surface area contributed by atoms with Crippen LogP contribution in [-0.4, -0.2) is 36.0 Å². The minimum absolute atomic E-state index is 0. The molecule has 1 amide bonds. The molecule has 2 heterocycles. The second-order valence-electron chi connectivity index (χ2n) is 7.25. The summed E-state index contributed by atoms with van der Waals surface area (Å²) in [6, 6.07) is 19.3. The van der Waals surface area contributed by atoms with E-state index in [1.165, 1.54) is 12.8 Å². The summed E-state index contributed by atoms with van der Waals surface area (Å²) in [5, 5.41) is 7.00. The van der Waals surface area contributed by atoms with E-state index in [2.05, 4.69) is 10.6 Å². The third-order valence-electron chi connectivity index (χ3n) is 5.49. The summed E-state index contributed by atoms with van der Waals surface area (Å²) in [6.07, 6.45) is 4.64. The molecule has 2 atom stereocenters. The van der Waals surface area contributed by atoms with Crippen LogP contribution in [0.1, 0.15) is 36.0 Å². The van der Waals surface area contributed by atoms with Crippen LogP contribution in [0.25, 0.3) is 0 Å². The number of para-hydroxylation sites is 1. The van der Waals surface area contributed by atoms with E-state index in [4.69, 9.17) is 0 Å². The van der Waals surface area contributed by atoms with Crippen molar-refractivity contribution in [2.24, 2.45) is 0 Å².